The van der Waals surface area contributed by atoms with Gasteiger partial charge in [-0.3, -0.25) is 9.98 Å². The number of fused-ring (bicyclic) bond motifs is 1. The highest BCUT2D eigenvalue weighted by atomic mass is 14.9. The highest BCUT2D eigenvalue weighted by molar-refractivity contribution is 6.13. The van der Waals surface area contributed by atoms with Crippen molar-refractivity contribution in [2.45, 2.75) is 26.8 Å². The van der Waals surface area contributed by atoms with Crippen LogP contribution < -0.4 is 0 Å². The molecular weight excluding hydrogens is 160 g/mol. The first-order chi connectivity index (χ1) is 6.07. The van der Waals surface area contributed by atoms with Crippen LogP contribution in [0.5, 0.6) is 0 Å². The van der Waals surface area contributed by atoms with Crippen molar-refractivity contribution in [2.24, 2.45) is 15.4 Å². The standard InChI is InChI=1S/C11H14N2/c1-11(2,3)10-5-4-8-9(13-10)6-7-12-8/h4-7,9H,1-3H3. The Balaban J connectivity index is 2.32. The quantitative estimate of drug-likeness (QED) is 0.538. The fraction of sp³-hybridized carbons (Fsp3) is 0.455. The highest BCUT2D eigenvalue weighted by Crippen LogP contribution is 2.22. The predicted octanol–water partition coefficient (Wildman–Crippen LogP) is 2.38. The highest BCUT2D eigenvalue weighted by Gasteiger charge is 2.23. The molecule has 0 fully saturated rings. The minimum atomic E-state index is 0.137. The second kappa shape index (κ2) is 2.66. The van der Waals surface area contributed by atoms with Crippen molar-refractivity contribution in [1.82, 2.24) is 0 Å². The topological polar surface area (TPSA) is 24.7 Å². The fourth-order valence-corrected chi connectivity index (χ4v) is 1.44. The molecule has 2 nitrogen and oxygen atoms in total. The van der Waals surface area contributed by atoms with E-state index >= 15 is 0 Å². The monoisotopic (exact) mass is 174 g/mol. The van der Waals surface area contributed by atoms with E-state index < -0.39 is 0 Å². The normalized spacial score (nSPS) is 25.6. The van der Waals surface area contributed by atoms with Gasteiger partial charge in [0.25, 0.3) is 0 Å². The molecule has 2 aliphatic rings. The van der Waals surface area contributed by atoms with Crippen LogP contribution in [0.2, 0.25) is 0 Å². The summed E-state index contributed by atoms with van der Waals surface area (Å²) in [4.78, 5) is 8.84. The lowest BCUT2D eigenvalue weighted by atomic mass is 9.87. The molecule has 2 rings (SSSR count). The zero-order chi connectivity index (χ0) is 9.47. The SMILES string of the molecule is CC(C)(C)C1=NC2C=CN=C2C=C1. The predicted molar refractivity (Wildman–Crippen MR) is 56.4 cm³/mol. The Bertz CT molecular complexity index is 338. The first kappa shape index (κ1) is 8.42. The summed E-state index contributed by atoms with van der Waals surface area (Å²) >= 11 is 0. The summed E-state index contributed by atoms with van der Waals surface area (Å²) in [6.07, 6.45) is 8.00. The summed E-state index contributed by atoms with van der Waals surface area (Å²) < 4.78 is 0. The van der Waals surface area contributed by atoms with E-state index in [1.54, 1.807) is 0 Å². The number of hydrogen-bond donors (Lipinski definition) is 0. The molecule has 0 N–H and O–H groups in total. The third kappa shape index (κ3) is 1.48. The van der Waals surface area contributed by atoms with Gasteiger partial charge in [-0.05, 0) is 18.2 Å². The van der Waals surface area contributed by atoms with E-state index in [9.17, 15) is 0 Å². The molecule has 0 aromatic rings. The van der Waals surface area contributed by atoms with Crippen LogP contribution in [-0.2, 0) is 0 Å². The molecular formula is C11H14N2. The molecule has 0 aromatic carbocycles. The lowest BCUT2D eigenvalue weighted by Crippen LogP contribution is -2.26. The van der Waals surface area contributed by atoms with Crippen LogP contribution >= 0.6 is 0 Å². The van der Waals surface area contributed by atoms with Crippen LogP contribution in [0.3, 0.4) is 0 Å². The Kier molecular flexibility index (Phi) is 1.72. The van der Waals surface area contributed by atoms with Crippen molar-refractivity contribution in [3.8, 4) is 0 Å². The summed E-state index contributed by atoms with van der Waals surface area (Å²) in [5, 5.41) is 0. The molecule has 0 spiro atoms. The van der Waals surface area contributed by atoms with Gasteiger partial charge in [0.1, 0.15) is 6.04 Å². The third-order valence-electron chi connectivity index (χ3n) is 2.25. The number of dihydropyridines is 1. The molecule has 0 aliphatic carbocycles. The fourth-order valence-electron chi connectivity index (χ4n) is 1.44. The minimum absolute atomic E-state index is 0.137. The average Bonchev–Trinajstić information content (AvgIpc) is 2.47. The summed E-state index contributed by atoms with van der Waals surface area (Å²) in [5.41, 5.74) is 2.36. The molecule has 0 amide bonds. The van der Waals surface area contributed by atoms with Crippen molar-refractivity contribution in [3.63, 3.8) is 0 Å². The molecule has 1 unspecified atom stereocenters. The Labute approximate surface area is 78.8 Å². The zero-order valence-corrected chi connectivity index (χ0v) is 8.28. The molecule has 0 radical (unpaired) electrons. The second-order valence-electron chi connectivity index (χ2n) is 4.44. The van der Waals surface area contributed by atoms with Crippen LogP contribution in [0.25, 0.3) is 0 Å². The van der Waals surface area contributed by atoms with Gasteiger partial charge >= 0.3 is 0 Å². The van der Waals surface area contributed by atoms with E-state index in [0.29, 0.717) is 0 Å². The molecule has 0 saturated heterocycles. The van der Waals surface area contributed by atoms with Gasteiger partial charge in [0.15, 0.2) is 0 Å². The molecule has 13 heavy (non-hydrogen) atoms. The van der Waals surface area contributed by atoms with E-state index in [1.807, 2.05) is 12.3 Å². The molecule has 68 valence electrons. The first-order valence-electron chi connectivity index (χ1n) is 4.58. The molecule has 0 bridgehead atoms. The summed E-state index contributed by atoms with van der Waals surface area (Å²) in [6.45, 7) is 6.53. The first-order valence-corrected chi connectivity index (χ1v) is 4.58. The summed E-state index contributed by atoms with van der Waals surface area (Å²) in [5.74, 6) is 0. The lowest BCUT2D eigenvalue weighted by molar-refractivity contribution is 0.590. The van der Waals surface area contributed by atoms with E-state index in [2.05, 4.69) is 42.9 Å². The molecule has 2 aliphatic heterocycles. The average molecular weight is 174 g/mol. The molecule has 1 atom stereocenters. The van der Waals surface area contributed by atoms with Crippen molar-refractivity contribution < 1.29 is 0 Å². The Morgan fingerprint density at radius 3 is 2.69 bits per heavy atom. The molecule has 0 saturated carbocycles. The van der Waals surface area contributed by atoms with Gasteiger partial charge in [0, 0.05) is 17.3 Å². The largest absolute Gasteiger partial charge is 0.275 e. The van der Waals surface area contributed by atoms with E-state index in [-0.39, 0.29) is 11.5 Å². The van der Waals surface area contributed by atoms with Gasteiger partial charge in [-0.25, -0.2) is 0 Å². The number of nitrogens with zero attached hydrogens (tertiary/aromatic N) is 2. The van der Waals surface area contributed by atoms with Crippen molar-refractivity contribution >= 4 is 11.4 Å². The van der Waals surface area contributed by atoms with Crippen LogP contribution in [-0.4, -0.2) is 17.5 Å². The molecule has 2 heterocycles. The van der Waals surface area contributed by atoms with Crippen molar-refractivity contribution in [1.29, 1.82) is 0 Å². The van der Waals surface area contributed by atoms with Crippen molar-refractivity contribution in [3.05, 3.63) is 24.4 Å². The number of aliphatic imine (C=N–C) groups is 2. The minimum Gasteiger partial charge on any atom is -0.275 e. The maximum atomic E-state index is 4.63. The van der Waals surface area contributed by atoms with Crippen LogP contribution in [0.15, 0.2) is 34.4 Å². The van der Waals surface area contributed by atoms with Crippen LogP contribution in [0.4, 0.5) is 0 Å². The lowest BCUT2D eigenvalue weighted by Gasteiger charge is -2.23. The van der Waals surface area contributed by atoms with Gasteiger partial charge in [0.05, 0.1) is 5.71 Å². The number of hydrogen-bond acceptors (Lipinski definition) is 2. The van der Waals surface area contributed by atoms with Gasteiger partial charge < -0.3 is 0 Å². The zero-order valence-electron chi connectivity index (χ0n) is 8.28. The van der Waals surface area contributed by atoms with Gasteiger partial charge in [0.2, 0.25) is 0 Å². The van der Waals surface area contributed by atoms with Crippen LogP contribution in [0, 0.1) is 5.41 Å². The maximum absolute atomic E-state index is 4.63. The molecule has 2 heteroatoms. The van der Waals surface area contributed by atoms with Crippen LogP contribution in [0.1, 0.15) is 20.8 Å². The van der Waals surface area contributed by atoms with Gasteiger partial charge in [-0.2, -0.15) is 0 Å². The van der Waals surface area contributed by atoms with Gasteiger partial charge in [-0.15, -0.1) is 0 Å². The Morgan fingerprint density at radius 1 is 1.23 bits per heavy atom. The van der Waals surface area contributed by atoms with E-state index in [1.165, 1.54) is 0 Å². The summed E-state index contributed by atoms with van der Waals surface area (Å²) in [6, 6.07) is 0.180. The maximum Gasteiger partial charge on any atom is 0.112 e. The smallest absolute Gasteiger partial charge is 0.112 e. The Morgan fingerprint density at radius 2 is 2.00 bits per heavy atom. The number of rotatable bonds is 0. The van der Waals surface area contributed by atoms with E-state index in [0.717, 1.165) is 11.4 Å². The molecule has 0 aromatic heterocycles. The third-order valence-corrected chi connectivity index (χ3v) is 2.25. The Hall–Kier alpha value is -1.18. The summed E-state index contributed by atoms with van der Waals surface area (Å²) in [7, 11) is 0. The van der Waals surface area contributed by atoms with E-state index in [4.69, 9.17) is 0 Å². The second-order valence-corrected chi connectivity index (χ2v) is 4.44. The number of allylic oxidation sites excluding steroid dienone is 1. The van der Waals surface area contributed by atoms with Crippen molar-refractivity contribution in [2.75, 3.05) is 0 Å². The van der Waals surface area contributed by atoms with Gasteiger partial charge in [-0.1, -0.05) is 20.8 Å².